The highest BCUT2D eigenvalue weighted by molar-refractivity contribution is 5.98. The summed E-state index contributed by atoms with van der Waals surface area (Å²) in [7, 11) is 3.47. The second kappa shape index (κ2) is 6.09. The molecular formula is C21H21N5O2. The number of aromatic amines is 1. The van der Waals surface area contributed by atoms with Crippen LogP contribution in [0.1, 0.15) is 35.1 Å². The number of carbonyl (C=O) groups excluding carboxylic acids is 1. The Bertz CT molecular complexity index is 1250. The lowest BCUT2D eigenvalue weighted by molar-refractivity contribution is 0.0730. The minimum Gasteiger partial charge on any atom is -0.340 e. The third-order valence-corrected chi connectivity index (χ3v) is 5.76. The van der Waals surface area contributed by atoms with Crippen molar-refractivity contribution in [3.63, 3.8) is 0 Å². The van der Waals surface area contributed by atoms with Gasteiger partial charge in [0, 0.05) is 26.2 Å². The molecule has 1 amide bonds. The molecule has 2 aromatic heterocycles. The van der Waals surface area contributed by atoms with E-state index in [-0.39, 0.29) is 17.6 Å². The van der Waals surface area contributed by atoms with Gasteiger partial charge in [-0.2, -0.15) is 0 Å². The van der Waals surface area contributed by atoms with E-state index in [9.17, 15) is 9.59 Å². The number of amides is 1. The Morgan fingerprint density at radius 3 is 2.71 bits per heavy atom. The first-order valence-electron chi connectivity index (χ1n) is 9.45. The maximum absolute atomic E-state index is 13.3. The van der Waals surface area contributed by atoms with E-state index in [1.54, 1.807) is 29.3 Å². The van der Waals surface area contributed by atoms with Crippen molar-refractivity contribution in [2.24, 2.45) is 14.1 Å². The summed E-state index contributed by atoms with van der Waals surface area (Å²) >= 11 is 0. The minimum absolute atomic E-state index is 0.0267. The van der Waals surface area contributed by atoms with Crippen LogP contribution in [-0.4, -0.2) is 36.5 Å². The van der Waals surface area contributed by atoms with Gasteiger partial charge >= 0.3 is 5.69 Å². The van der Waals surface area contributed by atoms with Gasteiger partial charge in [0.25, 0.3) is 5.91 Å². The topological polar surface area (TPSA) is 75.9 Å². The summed E-state index contributed by atoms with van der Waals surface area (Å²) in [5.74, 6) is 0.807. The van der Waals surface area contributed by atoms with Gasteiger partial charge in [-0.3, -0.25) is 13.9 Å². The smallest absolute Gasteiger partial charge is 0.328 e. The first kappa shape index (κ1) is 16.8. The lowest BCUT2D eigenvalue weighted by Crippen LogP contribution is -2.31. The third kappa shape index (κ3) is 2.39. The van der Waals surface area contributed by atoms with E-state index in [2.05, 4.69) is 4.98 Å². The molecule has 0 aliphatic carbocycles. The molecule has 2 aromatic carbocycles. The molecule has 4 aromatic rings. The Balaban J connectivity index is 1.52. The quantitative estimate of drug-likeness (QED) is 0.585. The van der Waals surface area contributed by atoms with Crippen LogP contribution in [0.2, 0.25) is 0 Å². The monoisotopic (exact) mass is 375 g/mol. The number of imidazole rings is 2. The molecule has 1 unspecified atom stereocenters. The van der Waals surface area contributed by atoms with E-state index in [0.717, 1.165) is 40.7 Å². The molecule has 1 aliphatic heterocycles. The average Bonchev–Trinajstić information content (AvgIpc) is 3.41. The zero-order valence-electron chi connectivity index (χ0n) is 15.8. The SMILES string of the molecule is Cn1c(=O)n(C)c2cc(C(=O)N3CCCC3c3nc4ccccc4[nH]3)ccc21. The summed E-state index contributed by atoms with van der Waals surface area (Å²) in [5, 5.41) is 0. The molecule has 0 saturated carbocycles. The van der Waals surface area contributed by atoms with Crippen molar-refractivity contribution in [1.82, 2.24) is 24.0 Å². The van der Waals surface area contributed by atoms with Gasteiger partial charge in [0.2, 0.25) is 0 Å². The number of rotatable bonds is 2. The number of nitrogens with zero attached hydrogens (tertiary/aromatic N) is 4. The van der Waals surface area contributed by atoms with Gasteiger partial charge in [-0.1, -0.05) is 12.1 Å². The number of hydrogen-bond acceptors (Lipinski definition) is 3. The Hall–Kier alpha value is -3.35. The van der Waals surface area contributed by atoms with Gasteiger partial charge in [-0.25, -0.2) is 9.78 Å². The number of fused-ring (bicyclic) bond motifs is 2. The molecule has 1 atom stereocenters. The number of H-pyrrole nitrogens is 1. The van der Waals surface area contributed by atoms with Crippen molar-refractivity contribution in [2.75, 3.05) is 6.54 Å². The van der Waals surface area contributed by atoms with Crippen LogP contribution < -0.4 is 5.69 Å². The molecule has 0 bridgehead atoms. The van der Waals surface area contributed by atoms with Gasteiger partial charge in [-0.05, 0) is 43.2 Å². The Morgan fingerprint density at radius 1 is 1.11 bits per heavy atom. The van der Waals surface area contributed by atoms with Crippen LogP contribution in [0.15, 0.2) is 47.3 Å². The molecule has 1 N–H and O–H groups in total. The summed E-state index contributed by atoms with van der Waals surface area (Å²) in [6, 6.07) is 13.3. The maximum Gasteiger partial charge on any atom is 0.328 e. The standard InChI is InChI=1S/C21H21N5O2/c1-24-16-10-9-13(12-18(16)25(2)21(24)28)20(27)26-11-5-8-17(26)19-22-14-6-3-4-7-15(14)23-19/h3-4,6-7,9-10,12,17H,5,8,11H2,1-2H3,(H,22,23). The van der Waals surface area contributed by atoms with Crippen LogP contribution in [-0.2, 0) is 14.1 Å². The predicted octanol–water partition coefficient (Wildman–Crippen LogP) is 2.73. The Kier molecular flexibility index (Phi) is 3.65. The fourth-order valence-corrected chi connectivity index (χ4v) is 4.23. The number of likely N-dealkylation sites (tertiary alicyclic amines) is 1. The molecule has 3 heterocycles. The van der Waals surface area contributed by atoms with Crippen molar-refractivity contribution in [3.05, 3.63) is 64.3 Å². The second-order valence-corrected chi connectivity index (χ2v) is 7.40. The highest BCUT2D eigenvalue weighted by Crippen LogP contribution is 2.33. The van der Waals surface area contributed by atoms with Crippen molar-refractivity contribution in [1.29, 1.82) is 0 Å². The van der Waals surface area contributed by atoms with E-state index < -0.39 is 0 Å². The number of para-hydroxylation sites is 2. The number of hydrogen-bond donors (Lipinski definition) is 1. The zero-order chi connectivity index (χ0) is 19.4. The summed E-state index contributed by atoms with van der Waals surface area (Å²) < 4.78 is 3.17. The van der Waals surface area contributed by atoms with Crippen LogP contribution in [0.5, 0.6) is 0 Å². The summed E-state index contributed by atoms with van der Waals surface area (Å²) in [6.45, 7) is 0.701. The molecule has 0 radical (unpaired) electrons. The van der Waals surface area contributed by atoms with Crippen molar-refractivity contribution in [2.45, 2.75) is 18.9 Å². The maximum atomic E-state index is 13.3. The van der Waals surface area contributed by atoms with Gasteiger partial charge in [-0.15, -0.1) is 0 Å². The number of aryl methyl sites for hydroxylation is 2. The van der Waals surface area contributed by atoms with Crippen molar-refractivity contribution >= 4 is 28.0 Å². The molecule has 142 valence electrons. The van der Waals surface area contributed by atoms with Crippen molar-refractivity contribution in [3.8, 4) is 0 Å². The van der Waals surface area contributed by atoms with Gasteiger partial charge in [0.15, 0.2) is 0 Å². The van der Waals surface area contributed by atoms with Crippen LogP contribution in [0.25, 0.3) is 22.1 Å². The lowest BCUT2D eigenvalue weighted by atomic mass is 10.1. The molecule has 0 spiro atoms. The van der Waals surface area contributed by atoms with Crippen LogP contribution in [0.3, 0.4) is 0 Å². The summed E-state index contributed by atoms with van der Waals surface area (Å²) in [4.78, 5) is 35.4. The normalized spacial score (nSPS) is 17.1. The molecule has 28 heavy (non-hydrogen) atoms. The van der Waals surface area contributed by atoms with Gasteiger partial charge in [0.1, 0.15) is 5.82 Å². The van der Waals surface area contributed by atoms with Crippen LogP contribution in [0, 0.1) is 0 Å². The summed E-state index contributed by atoms with van der Waals surface area (Å²) in [6.07, 6.45) is 1.83. The fourth-order valence-electron chi connectivity index (χ4n) is 4.23. The number of carbonyl (C=O) groups is 1. The molecule has 1 aliphatic rings. The Morgan fingerprint density at radius 2 is 1.89 bits per heavy atom. The minimum atomic E-state index is -0.0964. The second-order valence-electron chi connectivity index (χ2n) is 7.40. The van der Waals surface area contributed by atoms with Gasteiger partial charge < -0.3 is 9.88 Å². The first-order valence-corrected chi connectivity index (χ1v) is 9.45. The van der Waals surface area contributed by atoms with Crippen LogP contribution >= 0.6 is 0 Å². The highest BCUT2D eigenvalue weighted by Gasteiger charge is 2.33. The fraction of sp³-hybridized carbons (Fsp3) is 0.286. The van der Waals surface area contributed by atoms with Crippen molar-refractivity contribution < 1.29 is 4.79 Å². The molecule has 7 heteroatoms. The lowest BCUT2D eigenvalue weighted by Gasteiger charge is -2.23. The molecular weight excluding hydrogens is 354 g/mol. The molecule has 1 saturated heterocycles. The van der Waals surface area contributed by atoms with E-state index >= 15 is 0 Å². The van der Waals surface area contributed by atoms with E-state index in [0.29, 0.717) is 12.1 Å². The molecule has 7 nitrogen and oxygen atoms in total. The molecule has 5 rings (SSSR count). The average molecular weight is 375 g/mol. The highest BCUT2D eigenvalue weighted by atomic mass is 16.2. The number of aromatic nitrogens is 4. The zero-order valence-corrected chi connectivity index (χ0v) is 15.8. The van der Waals surface area contributed by atoms with E-state index in [1.807, 2.05) is 41.3 Å². The van der Waals surface area contributed by atoms with E-state index in [4.69, 9.17) is 4.98 Å². The Labute approximate surface area is 161 Å². The third-order valence-electron chi connectivity index (χ3n) is 5.76. The van der Waals surface area contributed by atoms with E-state index in [1.165, 1.54) is 0 Å². The molecule has 1 fully saturated rings. The number of benzene rings is 2. The first-order chi connectivity index (χ1) is 13.5. The number of nitrogens with one attached hydrogen (secondary N) is 1. The van der Waals surface area contributed by atoms with Gasteiger partial charge in [0.05, 0.1) is 28.1 Å². The largest absolute Gasteiger partial charge is 0.340 e. The summed E-state index contributed by atoms with van der Waals surface area (Å²) in [5.41, 5.74) is 3.98. The van der Waals surface area contributed by atoms with Crippen LogP contribution in [0.4, 0.5) is 0 Å². The predicted molar refractivity (Wildman–Crippen MR) is 107 cm³/mol.